The monoisotopic (exact) mass is 344 g/mol. The van der Waals surface area contributed by atoms with Crippen molar-refractivity contribution < 1.29 is 28.7 Å². The molecular formula is C14H14ClFN2O5. The van der Waals surface area contributed by atoms with Crippen LogP contribution >= 0.6 is 11.6 Å². The maximum atomic E-state index is 13.9. The first kappa shape index (κ1) is 17.0. The van der Waals surface area contributed by atoms with Crippen LogP contribution in [0.2, 0.25) is 5.02 Å². The van der Waals surface area contributed by atoms with Crippen molar-refractivity contribution in [2.24, 2.45) is 5.16 Å². The lowest BCUT2D eigenvalue weighted by molar-refractivity contribution is -0.160. The molecule has 0 aromatic heterocycles. The van der Waals surface area contributed by atoms with Crippen molar-refractivity contribution in [3.63, 3.8) is 0 Å². The molecule has 0 saturated heterocycles. The van der Waals surface area contributed by atoms with Crippen LogP contribution in [0.25, 0.3) is 0 Å². The predicted molar refractivity (Wildman–Crippen MR) is 80.3 cm³/mol. The van der Waals surface area contributed by atoms with Crippen molar-refractivity contribution in [3.05, 3.63) is 28.5 Å². The highest BCUT2D eigenvalue weighted by Crippen LogP contribution is 2.32. The van der Waals surface area contributed by atoms with Gasteiger partial charge in [-0.15, -0.1) is 0 Å². The summed E-state index contributed by atoms with van der Waals surface area (Å²) in [5.74, 6) is -1.94. The molecule has 1 aliphatic heterocycles. The van der Waals surface area contributed by atoms with Crippen LogP contribution in [-0.2, 0) is 14.4 Å². The van der Waals surface area contributed by atoms with Crippen LogP contribution in [0, 0.1) is 5.82 Å². The van der Waals surface area contributed by atoms with E-state index in [1.807, 2.05) is 0 Å². The van der Waals surface area contributed by atoms with Gasteiger partial charge in [0.1, 0.15) is 5.82 Å². The van der Waals surface area contributed by atoms with Gasteiger partial charge in [0, 0.05) is 12.0 Å². The zero-order valence-corrected chi connectivity index (χ0v) is 13.1. The highest BCUT2D eigenvalue weighted by molar-refractivity contribution is 6.34. The van der Waals surface area contributed by atoms with Gasteiger partial charge in [0.05, 0.1) is 23.0 Å². The maximum absolute atomic E-state index is 13.9. The van der Waals surface area contributed by atoms with Gasteiger partial charge in [0.2, 0.25) is 5.60 Å². The third-order valence-electron chi connectivity index (χ3n) is 3.19. The van der Waals surface area contributed by atoms with Crippen LogP contribution in [0.15, 0.2) is 17.3 Å². The number of nitrogens with zero attached hydrogens (tertiary/aromatic N) is 1. The van der Waals surface area contributed by atoms with Crippen molar-refractivity contribution in [3.8, 4) is 0 Å². The Bertz CT molecular complexity index is 694. The summed E-state index contributed by atoms with van der Waals surface area (Å²) in [6.07, 6.45) is -0.869. The van der Waals surface area contributed by atoms with Crippen molar-refractivity contribution in [2.75, 3.05) is 11.9 Å². The lowest BCUT2D eigenvalue weighted by Crippen LogP contribution is -2.35. The van der Waals surface area contributed by atoms with Gasteiger partial charge >= 0.3 is 12.1 Å². The zero-order chi connectivity index (χ0) is 17.2. The summed E-state index contributed by atoms with van der Waals surface area (Å²) in [6, 6.07) is 2.25. The quantitative estimate of drug-likeness (QED) is 0.875. The average Bonchev–Trinajstić information content (AvgIpc) is 2.86. The molecule has 1 aromatic rings. The summed E-state index contributed by atoms with van der Waals surface area (Å²) in [5, 5.41) is 15.1. The fraction of sp³-hybridized carbons (Fsp3) is 0.357. The average molecular weight is 345 g/mol. The van der Waals surface area contributed by atoms with Crippen LogP contribution < -0.4 is 5.32 Å². The van der Waals surface area contributed by atoms with Crippen LogP contribution in [0.5, 0.6) is 0 Å². The van der Waals surface area contributed by atoms with Crippen LogP contribution in [0.1, 0.15) is 25.8 Å². The molecule has 0 bridgehead atoms. The van der Waals surface area contributed by atoms with E-state index in [0.717, 1.165) is 6.07 Å². The zero-order valence-electron chi connectivity index (χ0n) is 12.4. The van der Waals surface area contributed by atoms with E-state index in [0.29, 0.717) is 0 Å². The van der Waals surface area contributed by atoms with Gasteiger partial charge in [0.15, 0.2) is 0 Å². The lowest BCUT2D eigenvalue weighted by Gasteiger charge is -2.15. The Morgan fingerprint density at radius 2 is 2.26 bits per heavy atom. The van der Waals surface area contributed by atoms with Gasteiger partial charge in [0.25, 0.3) is 0 Å². The number of oxime groups is 1. The Kier molecular flexibility index (Phi) is 4.74. The third-order valence-corrected chi connectivity index (χ3v) is 3.51. The molecule has 0 spiro atoms. The van der Waals surface area contributed by atoms with Crippen molar-refractivity contribution >= 4 is 35.1 Å². The van der Waals surface area contributed by atoms with E-state index in [4.69, 9.17) is 21.5 Å². The largest absolute Gasteiger partial charge is 0.478 e. The van der Waals surface area contributed by atoms with Crippen LogP contribution in [-0.4, -0.2) is 35.1 Å². The Morgan fingerprint density at radius 3 is 2.83 bits per heavy atom. The van der Waals surface area contributed by atoms with E-state index in [9.17, 15) is 14.0 Å². The fourth-order valence-corrected chi connectivity index (χ4v) is 2.20. The van der Waals surface area contributed by atoms with E-state index in [1.165, 1.54) is 13.0 Å². The minimum absolute atomic E-state index is 0.0221. The van der Waals surface area contributed by atoms with Crippen molar-refractivity contribution in [2.45, 2.75) is 25.9 Å². The number of rotatable bonds is 4. The Balaban J connectivity index is 2.30. The smallest absolute Gasteiger partial charge is 0.411 e. The number of carboxylic acid groups (broad SMARTS) is 1. The van der Waals surface area contributed by atoms with E-state index in [-0.39, 0.29) is 35.0 Å². The van der Waals surface area contributed by atoms with Gasteiger partial charge < -0.3 is 14.7 Å². The molecule has 1 unspecified atom stereocenters. The number of carbonyl (C=O) groups excluding carboxylic acids is 1. The molecule has 0 fully saturated rings. The van der Waals surface area contributed by atoms with Crippen LogP contribution in [0.4, 0.5) is 14.9 Å². The number of nitrogens with one attached hydrogen (secondary N) is 1. The number of halogens is 2. The number of anilines is 1. The Labute approximate surface area is 136 Å². The molecule has 23 heavy (non-hydrogen) atoms. The van der Waals surface area contributed by atoms with E-state index < -0.39 is 23.5 Å². The molecule has 1 atom stereocenters. The number of aliphatic carboxylic acids is 1. The normalized spacial score (nSPS) is 19.7. The summed E-state index contributed by atoms with van der Waals surface area (Å²) in [4.78, 5) is 27.5. The first-order valence-corrected chi connectivity index (χ1v) is 7.06. The van der Waals surface area contributed by atoms with E-state index in [1.54, 1.807) is 6.92 Å². The summed E-state index contributed by atoms with van der Waals surface area (Å²) in [5.41, 5.74) is -1.16. The summed E-state index contributed by atoms with van der Waals surface area (Å²) in [7, 11) is 0. The molecule has 9 heteroatoms. The molecule has 0 aliphatic carbocycles. The molecule has 2 N–H and O–H groups in total. The molecular weight excluding hydrogens is 331 g/mol. The minimum atomic E-state index is -1.51. The number of hydrogen-bond acceptors (Lipinski definition) is 5. The van der Waals surface area contributed by atoms with E-state index >= 15 is 0 Å². The van der Waals surface area contributed by atoms with E-state index in [2.05, 4.69) is 15.2 Å². The Hall–Kier alpha value is -2.35. The highest BCUT2D eigenvalue weighted by atomic mass is 35.5. The topological polar surface area (TPSA) is 97.2 Å². The fourth-order valence-electron chi connectivity index (χ4n) is 1.94. The van der Waals surface area contributed by atoms with Gasteiger partial charge in [-0.2, -0.15) is 0 Å². The second kappa shape index (κ2) is 6.41. The molecule has 124 valence electrons. The van der Waals surface area contributed by atoms with Gasteiger partial charge in [-0.05, 0) is 26.0 Å². The molecule has 1 amide bonds. The lowest BCUT2D eigenvalue weighted by atomic mass is 9.96. The molecule has 1 heterocycles. The van der Waals surface area contributed by atoms with Gasteiger partial charge in [-0.1, -0.05) is 16.8 Å². The number of ether oxygens (including phenoxy) is 1. The SMILES string of the molecule is CCOC(=O)Nc1cc(C2=NOC(C)(C(=O)O)C2)c(Cl)cc1F. The van der Waals surface area contributed by atoms with Gasteiger partial charge in [-0.25, -0.2) is 14.0 Å². The standard InChI is InChI=1S/C14H14ClFN2O5/c1-3-22-13(21)17-10-4-7(8(15)5-9(10)16)11-6-14(2,12(19)20)23-18-11/h4-5H,3,6H2,1-2H3,(H,17,21)(H,19,20). The molecule has 1 aliphatic rings. The molecule has 7 nitrogen and oxygen atoms in total. The number of benzene rings is 1. The first-order chi connectivity index (χ1) is 10.8. The van der Waals surface area contributed by atoms with Crippen molar-refractivity contribution in [1.29, 1.82) is 0 Å². The van der Waals surface area contributed by atoms with Gasteiger partial charge in [-0.3, -0.25) is 5.32 Å². The highest BCUT2D eigenvalue weighted by Gasteiger charge is 2.42. The minimum Gasteiger partial charge on any atom is -0.478 e. The maximum Gasteiger partial charge on any atom is 0.411 e. The summed E-state index contributed by atoms with van der Waals surface area (Å²) >= 11 is 5.98. The molecule has 2 rings (SSSR count). The summed E-state index contributed by atoms with van der Waals surface area (Å²) < 4.78 is 18.6. The summed E-state index contributed by atoms with van der Waals surface area (Å²) in [6.45, 7) is 3.10. The number of amides is 1. The third kappa shape index (κ3) is 3.53. The van der Waals surface area contributed by atoms with Crippen LogP contribution in [0.3, 0.4) is 0 Å². The molecule has 0 radical (unpaired) electrons. The molecule has 0 saturated carbocycles. The second-order valence-corrected chi connectivity index (χ2v) is 5.41. The Morgan fingerprint density at radius 1 is 1.57 bits per heavy atom. The predicted octanol–water partition coefficient (Wildman–Crippen LogP) is 3.02. The molecule has 1 aromatic carbocycles. The van der Waals surface area contributed by atoms with Crippen molar-refractivity contribution in [1.82, 2.24) is 0 Å². The number of hydrogen-bond donors (Lipinski definition) is 2. The number of carbonyl (C=O) groups is 2. The second-order valence-electron chi connectivity index (χ2n) is 5.00. The number of carboxylic acids is 1. The first-order valence-electron chi connectivity index (χ1n) is 6.68.